The number of ether oxygens (including phenoxy) is 1. The van der Waals surface area contributed by atoms with Crippen molar-refractivity contribution in [2.45, 2.75) is 25.0 Å². The van der Waals surface area contributed by atoms with Crippen molar-refractivity contribution in [2.75, 3.05) is 13.1 Å². The minimum Gasteiger partial charge on any atom is -0.488 e. The Bertz CT molecular complexity index is 1040. The van der Waals surface area contributed by atoms with Crippen LogP contribution in [0.5, 0.6) is 5.75 Å². The second kappa shape index (κ2) is 7.39. The molecule has 5 nitrogen and oxygen atoms in total. The zero-order valence-electron chi connectivity index (χ0n) is 15.7. The number of halogens is 1. The number of carbonyl (C=O) groups excluding carboxylic acids is 1. The molecule has 1 aliphatic carbocycles. The van der Waals surface area contributed by atoms with Gasteiger partial charge in [0.05, 0.1) is 21.8 Å². The molecular formula is C22H21FN2O3S. The number of nitrogens with zero attached hydrogens (tertiary/aromatic N) is 2. The Hall–Kier alpha value is -2.51. The summed E-state index contributed by atoms with van der Waals surface area (Å²) in [5, 5.41) is 10.6. The summed E-state index contributed by atoms with van der Waals surface area (Å²) in [6.45, 7) is 1.32. The number of aromatic nitrogens is 1. The van der Waals surface area contributed by atoms with Crippen LogP contribution in [0.4, 0.5) is 4.39 Å². The molecule has 150 valence electrons. The highest BCUT2D eigenvalue weighted by Gasteiger charge is 2.44. The predicted molar refractivity (Wildman–Crippen MR) is 109 cm³/mol. The van der Waals surface area contributed by atoms with Gasteiger partial charge in [0.2, 0.25) is 0 Å². The van der Waals surface area contributed by atoms with Crippen molar-refractivity contribution in [3.8, 4) is 5.75 Å². The average Bonchev–Trinajstić information content (AvgIpc) is 3.35. The fourth-order valence-corrected chi connectivity index (χ4v) is 5.26. The maximum atomic E-state index is 13.1. The maximum absolute atomic E-state index is 13.1. The van der Waals surface area contributed by atoms with Gasteiger partial charge in [0, 0.05) is 18.7 Å². The number of carbonyl (C=O) groups is 1. The van der Waals surface area contributed by atoms with E-state index in [-0.39, 0.29) is 23.7 Å². The molecule has 1 saturated carbocycles. The summed E-state index contributed by atoms with van der Waals surface area (Å²) in [6, 6.07) is 11.5. The molecule has 0 bridgehead atoms. The first-order valence-electron chi connectivity index (χ1n) is 9.79. The van der Waals surface area contributed by atoms with Gasteiger partial charge in [-0.15, -0.1) is 11.3 Å². The molecule has 0 radical (unpaired) electrons. The lowest BCUT2D eigenvalue weighted by Gasteiger charge is -2.35. The smallest absolute Gasteiger partial charge is 0.253 e. The number of aliphatic hydroxyl groups is 1. The summed E-state index contributed by atoms with van der Waals surface area (Å²) in [6.07, 6.45) is 0.352. The number of hydrogen-bond donors (Lipinski definition) is 1. The first-order chi connectivity index (χ1) is 14.1. The number of fused-ring (bicyclic) bond motifs is 2. The van der Waals surface area contributed by atoms with E-state index in [2.05, 4.69) is 4.98 Å². The van der Waals surface area contributed by atoms with E-state index in [1.165, 1.54) is 23.5 Å². The van der Waals surface area contributed by atoms with Crippen LogP contribution in [0, 0.1) is 17.7 Å². The van der Waals surface area contributed by atoms with E-state index in [4.69, 9.17) is 4.74 Å². The van der Waals surface area contributed by atoms with E-state index in [0.29, 0.717) is 43.2 Å². The molecule has 1 aromatic heterocycles. The molecule has 29 heavy (non-hydrogen) atoms. The van der Waals surface area contributed by atoms with E-state index in [9.17, 15) is 14.3 Å². The Morgan fingerprint density at radius 1 is 1.14 bits per heavy atom. The van der Waals surface area contributed by atoms with Crippen molar-refractivity contribution in [1.82, 2.24) is 9.88 Å². The van der Waals surface area contributed by atoms with Gasteiger partial charge < -0.3 is 14.7 Å². The molecule has 0 spiro atoms. The lowest BCUT2D eigenvalue weighted by atomic mass is 9.78. The summed E-state index contributed by atoms with van der Waals surface area (Å²) in [4.78, 5) is 19.2. The van der Waals surface area contributed by atoms with Gasteiger partial charge in [0.25, 0.3) is 5.91 Å². The lowest BCUT2D eigenvalue weighted by Crippen LogP contribution is -2.42. The second-order valence-electron chi connectivity index (χ2n) is 7.91. The van der Waals surface area contributed by atoms with Gasteiger partial charge in [-0.3, -0.25) is 4.79 Å². The summed E-state index contributed by atoms with van der Waals surface area (Å²) in [7, 11) is 0. The number of likely N-dealkylation sites (tertiary alicyclic amines) is 1. The van der Waals surface area contributed by atoms with E-state index in [1.807, 2.05) is 23.1 Å². The van der Waals surface area contributed by atoms with Crippen molar-refractivity contribution in [1.29, 1.82) is 0 Å². The Balaban J connectivity index is 1.27. The standard InChI is InChI=1S/C22H21FN2O3S/c23-16-2-4-17(5-3-16)28-20-8-15-11-25(10-14(15)7-19(20)26)22(27)13-1-6-18-21(9-13)29-12-24-18/h1-6,9,12,14-15,19-20,26H,7-8,10-11H2/t14-,15+,19+,20+/m0/s1. The van der Waals surface area contributed by atoms with Crippen LogP contribution in [-0.4, -0.2) is 46.2 Å². The molecule has 3 aromatic rings. The zero-order chi connectivity index (χ0) is 20.0. The quantitative estimate of drug-likeness (QED) is 0.712. The number of thiazole rings is 1. The van der Waals surface area contributed by atoms with Crippen LogP contribution in [0.2, 0.25) is 0 Å². The van der Waals surface area contributed by atoms with Gasteiger partial charge in [-0.05, 0) is 67.1 Å². The van der Waals surface area contributed by atoms with Crippen LogP contribution < -0.4 is 4.74 Å². The number of hydrogen-bond acceptors (Lipinski definition) is 5. The summed E-state index contributed by atoms with van der Waals surface area (Å²) < 4.78 is 20.0. The minimum absolute atomic E-state index is 0.0280. The molecule has 7 heteroatoms. The molecule has 2 fully saturated rings. The van der Waals surface area contributed by atoms with Crippen LogP contribution in [-0.2, 0) is 0 Å². The van der Waals surface area contributed by atoms with Gasteiger partial charge >= 0.3 is 0 Å². The Morgan fingerprint density at radius 3 is 2.69 bits per heavy atom. The van der Waals surface area contributed by atoms with Crippen molar-refractivity contribution < 1.29 is 19.0 Å². The summed E-state index contributed by atoms with van der Waals surface area (Å²) in [5.41, 5.74) is 3.37. The molecule has 1 aliphatic heterocycles. The van der Waals surface area contributed by atoms with Crippen molar-refractivity contribution in [2.24, 2.45) is 11.8 Å². The number of amides is 1. The molecule has 4 atom stereocenters. The van der Waals surface area contributed by atoms with Gasteiger partial charge in [-0.25, -0.2) is 9.37 Å². The fourth-order valence-electron chi connectivity index (χ4n) is 4.54. The Labute approximate surface area is 171 Å². The Kier molecular flexibility index (Phi) is 4.72. The topological polar surface area (TPSA) is 62.7 Å². The van der Waals surface area contributed by atoms with E-state index in [1.54, 1.807) is 17.6 Å². The average molecular weight is 412 g/mol. The number of benzene rings is 2. The van der Waals surface area contributed by atoms with Crippen molar-refractivity contribution >= 4 is 27.5 Å². The SMILES string of the molecule is O=C(c1ccc2ncsc2c1)N1C[C@H]2C[C@@H](Oc3ccc(F)cc3)[C@H](O)C[C@H]2C1. The first kappa shape index (κ1) is 18.5. The highest BCUT2D eigenvalue weighted by molar-refractivity contribution is 7.16. The predicted octanol–water partition coefficient (Wildman–Crippen LogP) is 3.73. The molecular weight excluding hydrogens is 391 g/mol. The largest absolute Gasteiger partial charge is 0.488 e. The maximum Gasteiger partial charge on any atom is 0.253 e. The van der Waals surface area contributed by atoms with E-state index < -0.39 is 6.10 Å². The highest BCUT2D eigenvalue weighted by Crippen LogP contribution is 2.38. The molecule has 0 unspecified atom stereocenters. The molecule has 2 heterocycles. The molecule has 1 amide bonds. The van der Waals surface area contributed by atoms with Crippen molar-refractivity contribution in [3.63, 3.8) is 0 Å². The van der Waals surface area contributed by atoms with Gasteiger partial charge in [-0.2, -0.15) is 0 Å². The fraction of sp³-hybridized carbons (Fsp3) is 0.364. The Morgan fingerprint density at radius 2 is 1.90 bits per heavy atom. The monoisotopic (exact) mass is 412 g/mol. The number of rotatable bonds is 3. The van der Waals surface area contributed by atoms with Crippen molar-refractivity contribution in [3.05, 3.63) is 59.4 Å². The van der Waals surface area contributed by atoms with Crippen LogP contribution in [0.3, 0.4) is 0 Å². The molecule has 1 N–H and O–H groups in total. The molecule has 2 aliphatic rings. The van der Waals surface area contributed by atoms with Gasteiger partial charge in [0.15, 0.2) is 0 Å². The van der Waals surface area contributed by atoms with Crippen LogP contribution in [0.15, 0.2) is 48.0 Å². The van der Waals surface area contributed by atoms with Gasteiger partial charge in [0.1, 0.15) is 17.7 Å². The third-order valence-electron chi connectivity index (χ3n) is 6.05. The van der Waals surface area contributed by atoms with E-state index in [0.717, 1.165) is 10.2 Å². The zero-order valence-corrected chi connectivity index (χ0v) is 16.5. The van der Waals surface area contributed by atoms with Crippen LogP contribution in [0.1, 0.15) is 23.2 Å². The summed E-state index contributed by atoms with van der Waals surface area (Å²) in [5.74, 6) is 0.829. The summed E-state index contributed by atoms with van der Waals surface area (Å²) >= 11 is 1.53. The lowest BCUT2D eigenvalue weighted by molar-refractivity contribution is -0.0231. The molecule has 2 aromatic carbocycles. The highest BCUT2D eigenvalue weighted by atomic mass is 32.1. The first-order valence-corrected chi connectivity index (χ1v) is 10.7. The minimum atomic E-state index is -0.593. The third-order valence-corrected chi connectivity index (χ3v) is 6.84. The second-order valence-corrected chi connectivity index (χ2v) is 8.80. The van der Waals surface area contributed by atoms with E-state index >= 15 is 0 Å². The molecule has 5 rings (SSSR count). The normalized spacial score (nSPS) is 26.5. The molecule has 1 saturated heterocycles. The number of aliphatic hydroxyl groups excluding tert-OH is 1. The van der Waals surface area contributed by atoms with Gasteiger partial charge in [-0.1, -0.05) is 0 Å². The third kappa shape index (κ3) is 3.60. The van der Waals surface area contributed by atoms with Crippen LogP contribution in [0.25, 0.3) is 10.2 Å². The van der Waals surface area contributed by atoms with Crippen LogP contribution >= 0.6 is 11.3 Å².